The molecule has 3 aromatic carbocycles. The molecule has 5 rings (SSSR count). The van der Waals surface area contributed by atoms with Gasteiger partial charge in [-0.25, -0.2) is 0 Å². The van der Waals surface area contributed by atoms with E-state index in [0.29, 0.717) is 0 Å². The van der Waals surface area contributed by atoms with E-state index < -0.39 is 0 Å². The summed E-state index contributed by atoms with van der Waals surface area (Å²) in [5.74, 6) is 3.69. The fraction of sp³-hybridized carbons (Fsp3) is 0.394. The van der Waals surface area contributed by atoms with Gasteiger partial charge in [0.15, 0.2) is 0 Å². The molecule has 0 radical (unpaired) electrons. The first kappa shape index (κ1) is 25.7. The minimum Gasteiger partial charge on any atom is -0.508 e. The van der Waals surface area contributed by atoms with Gasteiger partial charge < -0.3 is 14.6 Å². The number of aryl methyl sites for hydroxylation is 1. The highest BCUT2D eigenvalue weighted by molar-refractivity contribution is 7.08. The second kappa shape index (κ2) is 12.5. The second-order valence-corrected chi connectivity index (χ2v) is 11.1. The quantitative estimate of drug-likeness (QED) is 0.202. The number of phenolic OH excluding ortho intramolecular Hbond substituents is 1. The Bertz CT molecular complexity index is 1280. The summed E-state index contributed by atoms with van der Waals surface area (Å²) in [4.78, 5) is 0. The fourth-order valence-corrected chi connectivity index (χ4v) is 6.45. The largest absolute Gasteiger partial charge is 0.508 e. The van der Waals surface area contributed by atoms with Crippen LogP contribution in [-0.4, -0.2) is 11.7 Å². The maximum absolute atomic E-state index is 10.0. The molecule has 3 nitrogen and oxygen atoms in total. The molecule has 1 N–H and O–H groups in total. The van der Waals surface area contributed by atoms with Crippen LogP contribution in [0.2, 0.25) is 0 Å². The van der Waals surface area contributed by atoms with Crippen molar-refractivity contribution >= 4 is 22.1 Å². The number of aromatic hydroxyl groups is 1. The standard InChI is InChI=1S/C33H38O3S/c1-2-8-26-22-37-23-32(26)31-18-12-25-21-27(34)13-19-30(25)33(31)36-29-16-14-28(15-17-29)35-20-7-6-11-24-9-4-3-5-10-24/h12-19,21-24,34H,2-11,20H2,1H3. The van der Waals surface area contributed by atoms with Crippen molar-refractivity contribution in [3.8, 4) is 34.1 Å². The number of hydrogen-bond donors (Lipinski definition) is 1. The van der Waals surface area contributed by atoms with E-state index in [0.717, 1.165) is 65.4 Å². The van der Waals surface area contributed by atoms with Crippen molar-refractivity contribution in [3.63, 3.8) is 0 Å². The summed E-state index contributed by atoms with van der Waals surface area (Å²) in [7, 11) is 0. The minimum absolute atomic E-state index is 0.258. The van der Waals surface area contributed by atoms with Crippen molar-refractivity contribution < 1.29 is 14.6 Å². The van der Waals surface area contributed by atoms with Crippen LogP contribution < -0.4 is 9.47 Å². The number of unbranched alkanes of at least 4 members (excludes halogenated alkanes) is 1. The first-order valence-corrected chi connectivity index (χ1v) is 14.9. The molecular weight excluding hydrogens is 476 g/mol. The molecule has 194 valence electrons. The summed E-state index contributed by atoms with van der Waals surface area (Å²) >= 11 is 1.73. The smallest absolute Gasteiger partial charge is 0.143 e. The van der Waals surface area contributed by atoms with E-state index >= 15 is 0 Å². The molecule has 0 atom stereocenters. The van der Waals surface area contributed by atoms with Gasteiger partial charge in [0.2, 0.25) is 0 Å². The Balaban J connectivity index is 1.28. The number of rotatable bonds is 11. The lowest BCUT2D eigenvalue weighted by Gasteiger charge is -2.21. The number of phenols is 1. The maximum Gasteiger partial charge on any atom is 0.143 e. The molecule has 4 heteroatoms. The molecule has 1 aromatic heterocycles. The lowest BCUT2D eigenvalue weighted by Crippen LogP contribution is -2.06. The Morgan fingerprint density at radius 1 is 0.865 bits per heavy atom. The Morgan fingerprint density at radius 2 is 1.68 bits per heavy atom. The average Bonchev–Trinajstić information content (AvgIpc) is 3.38. The second-order valence-electron chi connectivity index (χ2n) is 10.3. The molecule has 0 spiro atoms. The van der Waals surface area contributed by atoms with Gasteiger partial charge in [-0.3, -0.25) is 0 Å². The Kier molecular flexibility index (Phi) is 8.68. The van der Waals surface area contributed by atoms with Crippen LogP contribution in [0.1, 0.15) is 70.3 Å². The van der Waals surface area contributed by atoms with Crippen LogP contribution in [0.15, 0.2) is 65.4 Å². The Labute approximate surface area is 225 Å². The van der Waals surface area contributed by atoms with Crippen LogP contribution in [0.5, 0.6) is 23.0 Å². The van der Waals surface area contributed by atoms with E-state index in [9.17, 15) is 5.11 Å². The first-order chi connectivity index (χ1) is 18.2. The van der Waals surface area contributed by atoms with Crippen molar-refractivity contribution in [1.29, 1.82) is 0 Å². The zero-order chi connectivity index (χ0) is 25.5. The van der Waals surface area contributed by atoms with Gasteiger partial charge in [0.05, 0.1) is 6.61 Å². The number of fused-ring (bicyclic) bond motifs is 1. The van der Waals surface area contributed by atoms with E-state index in [1.54, 1.807) is 23.5 Å². The van der Waals surface area contributed by atoms with Crippen LogP contribution in [0.4, 0.5) is 0 Å². The van der Waals surface area contributed by atoms with Crippen LogP contribution in [0.3, 0.4) is 0 Å². The van der Waals surface area contributed by atoms with Gasteiger partial charge in [0.25, 0.3) is 0 Å². The molecule has 1 saturated carbocycles. The maximum atomic E-state index is 10.0. The van der Waals surface area contributed by atoms with E-state index in [4.69, 9.17) is 9.47 Å². The minimum atomic E-state index is 0.258. The SMILES string of the molecule is CCCc1cscc1-c1ccc2cc(O)ccc2c1Oc1ccc(OCCCCC2CCCCC2)cc1. The average molecular weight is 515 g/mol. The van der Waals surface area contributed by atoms with E-state index in [2.05, 4.69) is 29.8 Å². The van der Waals surface area contributed by atoms with Crippen LogP contribution >= 0.6 is 11.3 Å². The molecule has 4 aromatic rings. The normalized spacial score (nSPS) is 14.2. The van der Waals surface area contributed by atoms with Crippen molar-refractivity contribution in [1.82, 2.24) is 0 Å². The van der Waals surface area contributed by atoms with E-state index in [-0.39, 0.29) is 5.75 Å². The summed E-state index contributed by atoms with van der Waals surface area (Å²) in [5, 5.41) is 16.4. The Hall–Kier alpha value is -2.98. The van der Waals surface area contributed by atoms with Crippen molar-refractivity contribution in [2.45, 2.75) is 71.1 Å². The highest BCUT2D eigenvalue weighted by Crippen LogP contribution is 2.43. The summed E-state index contributed by atoms with van der Waals surface area (Å²) in [6.45, 7) is 2.98. The van der Waals surface area contributed by atoms with Gasteiger partial charge in [0.1, 0.15) is 23.0 Å². The van der Waals surface area contributed by atoms with Crippen molar-refractivity contribution in [2.75, 3.05) is 6.61 Å². The number of hydrogen-bond acceptors (Lipinski definition) is 4. The van der Waals surface area contributed by atoms with Gasteiger partial charge in [-0.15, -0.1) is 0 Å². The highest BCUT2D eigenvalue weighted by atomic mass is 32.1. The van der Waals surface area contributed by atoms with Crippen molar-refractivity contribution in [3.05, 3.63) is 70.9 Å². The molecule has 1 aliphatic carbocycles. The third-order valence-electron chi connectivity index (χ3n) is 7.55. The monoisotopic (exact) mass is 514 g/mol. The molecule has 37 heavy (non-hydrogen) atoms. The van der Waals surface area contributed by atoms with E-state index in [1.165, 1.54) is 56.1 Å². The number of thiophene rings is 1. The third-order valence-corrected chi connectivity index (χ3v) is 8.34. The van der Waals surface area contributed by atoms with Gasteiger partial charge in [-0.05, 0) is 101 Å². The zero-order valence-corrected chi connectivity index (χ0v) is 22.7. The van der Waals surface area contributed by atoms with Gasteiger partial charge in [0, 0.05) is 10.9 Å². The Morgan fingerprint density at radius 3 is 2.49 bits per heavy atom. The van der Waals surface area contributed by atoms with E-state index in [1.807, 2.05) is 30.3 Å². The molecule has 0 unspecified atom stereocenters. The molecule has 0 amide bonds. The van der Waals surface area contributed by atoms with Crippen LogP contribution in [0, 0.1) is 5.92 Å². The third kappa shape index (κ3) is 6.48. The summed E-state index contributed by atoms with van der Waals surface area (Å²) in [6.07, 6.45) is 13.0. The molecule has 1 fully saturated rings. The van der Waals surface area contributed by atoms with Crippen LogP contribution in [0.25, 0.3) is 21.9 Å². The first-order valence-electron chi connectivity index (χ1n) is 13.9. The molecule has 1 aliphatic rings. The van der Waals surface area contributed by atoms with Gasteiger partial charge in [-0.2, -0.15) is 11.3 Å². The molecule has 0 aliphatic heterocycles. The summed E-state index contributed by atoms with van der Waals surface area (Å²) in [6, 6.07) is 17.6. The van der Waals surface area contributed by atoms with Gasteiger partial charge in [-0.1, -0.05) is 57.9 Å². The number of benzene rings is 3. The predicted molar refractivity (Wildman–Crippen MR) is 155 cm³/mol. The molecule has 0 saturated heterocycles. The molecular formula is C33H38O3S. The zero-order valence-electron chi connectivity index (χ0n) is 21.9. The van der Waals surface area contributed by atoms with Crippen molar-refractivity contribution in [2.24, 2.45) is 5.92 Å². The topological polar surface area (TPSA) is 38.7 Å². The molecule has 0 bridgehead atoms. The summed E-state index contributed by atoms with van der Waals surface area (Å²) in [5.41, 5.74) is 3.66. The highest BCUT2D eigenvalue weighted by Gasteiger charge is 2.16. The van der Waals surface area contributed by atoms with Crippen LogP contribution in [-0.2, 0) is 6.42 Å². The number of ether oxygens (including phenoxy) is 2. The predicted octanol–water partition coefficient (Wildman–Crippen LogP) is 10.1. The summed E-state index contributed by atoms with van der Waals surface area (Å²) < 4.78 is 12.6. The lowest BCUT2D eigenvalue weighted by molar-refractivity contribution is 0.283. The van der Waals surface area contributed by atoms with Gasteiger partial charge >= 0.3 is 0 Å². The lowest BCUT2D eigenvalue weighted by atomic mass is 9.86. The fourth-order valence-electron chi connectivity index (χ4n) is 5.56. The molecule has 1 heterocycles.